The van der Waals surface area contributed by atoms with Crippen molar-refractivity contribution in [2.75, 3.05) is 33.7 Å². The van der Waals surface area contributed by atoms with Crippen molar-refractivity contribution in [2.24, 2.45) is 0 Å². The SMILES string of the molecule is CN(C)CCCN1CCCC(Br)C1=O. The highest BCUT2D eigenvalue weighted by atomic mass is 79.9. The van der Waals surface area contributed by atoms with E-state index in [4.69, 9.17) is 0 Å². The molecule has 14 heavy (non-hydrogen) atoms. The van der Waals surface area contributed by atoms with Crippen LogP contribution in [0.2, 0.25) is 0 Å². The summed E-state index contributed by atoms with van der Waals surface area (Å²) in [7, 11) is 4.12. The Labute approximate surface area is 94.6 Å². The lowest BCUT2D eigenvalue weighted by atomic mass is 10.1. The summed E-state index contributed by atoms with van der Waals surface area (Å²) in [5.74, 6) is 0.273. The second kappa shape index (κ2) is 5.71. The average molecular weight is 263 g/mol. The molecule has 0 N–H and O–H groups in total. The predicted octanol–water partition coefficient (Wildman–Crippen LogP) is 1.32. The van der Waals surface area contributed by atoms with Crippen LogP contribution in [0.5, 0.6) is 0 Å². The minimum atomic E-state index is 0.0654. The summed E-state index contributed by atoms with van der Waals surface area (Å²) < 4.78 is 0. The predicted molar refractivity (Wildman–Crippen MR) is 61.7 cm³/mol. The number of carbonyl (C=O) groups is 1. The third kappa shape index (κ3) is 3.58. The van der Waals surface area contributed by atoms with Crippen LogP contribution >= 0.6 is 15.9 Å². The molecule has 3 nitrogen and oxygen atoms in total. The third-order valence-electron chi connectivity index (χ3n) is 2.50. The van der Waals surface area contributed by atoms with Crippen LogP contribution in [0.15, 0.2) is 0 Å². The fraction of sp³-hybridized carbons (Fsp3) is 0.900. The van der Waals surface area contributed by atoms with Gasteiger partial charge in [0.2, 0.25) is 5.91 Å². The fourth-order valence-corrected chi connectivity index (χ4v) is 2.31. The molecule has 1 amide bonds. The Bertz CT molecular complexity index is 197. The number of likely N-dealkylation sites (tertiary alicyclic amines) is 1. The Morgan fingerprint density at radius 2 is 2.29 bits per heavy atom. The zero-order chi connectivity index (χ0) is 10.6. The standard InChI is InChI=1S/C10H19BrN2O/c1-12(2)6-4-8-13-7-3-5-9(11)10(13)14/h9H,3-8H2,1-2H3. The molecule has 0 bridgehead atoms. The molecule has 1 saturated heterocycles. The maximum absolute atomic E-state index is 11.7. The van der Waals surface area contributed by atoms with Crippen LogP contribution in [0.4, 0.5) is 0 Å². The van der Waals surface area contributed by atoms with Gasteiger partial charge in [0.15, 0.2) is 0 Å². The monoisotopic (exact) mass is 262 g/mol. The Balaban J connectivity index is 2.25. The van der Waals surface area contributed by atoms with Gasteiger partial charge in [0.1, 0.15) is 0 Å². The molecule has 0 aromatic carbocycles. The van der Waals surface area contributed by atoms with E-state index >= 15 is 0 Å². The molecule has 0 spiro atoms. The zero-order valence-corrected chi connectivity index (χ0v) is 10.6. The summed E-state index contributed by atoms with van der Waals surface area (Å²) in [6, 6.07) is 0. The summed E-state index contributed by atoms with van der Waals surface area (Å²) in [6.45, 7) is 2.89. The Morgan fingerprint density at radius 1 is 1.57 bits per heavy atom. The molecular weight excluding hydrogens is 244 g/mol. The minimum absolute atomic E-state index is 0.0654. The van der Waals surface area contributed by atoms with E-state index in [1.54, 1.807) is 0 Å². The lowest BCUT2D eigenvalue weighted by molar-refractivity contribution is -0.132. The number of alkyl halides is 1. The molecule has 1 heterocycles. The molecule has 4 heteroatoms. The van der Waals surface area contributed by atoms with Crippen molar-refractivity contribution in [3.05, 3.63) is 0 Å². The minimum Gasteiger partial charge on any atom is -0.342 e. The quantitative estimate of drug-likeness (QED) is 0.714. The van der Waals surface area contributed by atoms with Gasteiger partial charge in [-0.15, -0.1) is 0 Å². The van der Waals surface area contributed by atoms with Crippen molar-refractivity contribution >= 4 is 21.8 Å². The van der Waals surface area contributed by atoms with E-state index in [-0.39, 0.29) is 10.7 Å². The van der Waals surface area contributed by atoms with E-state index in [9.17, 15) is 4.79 Å². The molecule has 1 rings (SSSR count). The smallest absolute Gasteiger partial charge is 0.236 e. The summed E-state index contributed by atoms with van der Waals surface area (Å²) in [6.07, 6.45) is 3.19. The van der Waals surface area contributed by atoms with Crippen molar-refractivity contribution in [1.29, 1.82) is 0 Å². The number of hydrogen-bond acceptors (Lipinski definition) is 2. The van der Waals surface area contributed by atoms with Gasteiger partial charge in [-0.2, -0.15) is 0 Å². The van der Waals surface area contributed by atoms with Gasteiger partial charge in [-0.1, -0.05) is 15.9 Å². The maximum Gasteiger partial charge on any atom is 0.236 e. The summed E-state index contributed by atoms with van der Waals surface area (Å²) in [5.41, 5.74) is 0. The molecule has 0 saturated carbocycles. The molecule has 0 aromatic rings. The Morgan fingerprint density at radius 3 is 2.93 bits per heavy atom. The van der Waals surface area contributed by atoms with Gasteiger partial charge in [0.25, 0.3) is 0 Å². The van der Waals surface area contributed by atoms with Crippen LogP contribution in [0.3, 0.4) is 0 Å². The summed E-state index contributed by atoms with van der Waals surface area (Å²) in [4.78, 5) is 15.9. The van der Waals surface area contributed by atoms with Crippen molar-refractivity contribution in [3.63, 3.8) is 0 Å². The first-order valence-corrected chi connectivity index (χ1v) is 6.10. The highest BCUT2D eigenvalue weighted by molar-refractivity contribution is 9.10. The number of rotatable bonds is 4. The van der Waals surface area contributed by atoms with E-state index in [2.05, 4.69) is 34.9 Å². The van der Waals surface area contributed by atoms with E-state index in [0.29, 0.717) is 0 Å². The molecular formula is C10H19BrN2O. The molecule has 1 atom stereocenters. The van der Waals surface area contributed by atoms with Gasteiger partial charge in [0.05, 0.1) is 4.83 Å². The normalized spacial score (nSPS) is 23.3. The highest BCUT2D eigenvalue weighted by Crippen LogP contribution is 2.18. The maximum atomic E-state index is 11.7. The average Bonchev–Trinajstić information content (AvgIpc) is 2.12. The molecule has 0 aliphatic carbocycles. The first kappa shape index (κ1) is 12.0. The van der Waals surface area contributed by atoms with E-state index < -0.39 is 0 Å². The molecule has 1 fully saturated rings. The summed E-state index contributed by atoms with van der Waals surface area (Å²) in [5, 5.41) is 0. The van der Waals surface area contributed by atoms with Crippen LogP contribution in [-0.4, -0.2) is 54.3 Å². The van der Waals surface area contributed by atoms with Gasteiger partial charge in [-0.25, -0.2) is 0 Å². The van der Waals surface area contributed by atoms with E-state index in [0.717, 1.165) is 38.9 Å². The highest BCUT2D eigenvalue weighted by Gasteiger charge is 2.25. The molecule has 0 aromatic heterocycles. The molecule has 1 aliphatic rings. The van der Waals surface area contributed by atoms with Gasteiger partial charge in [-0.05, 0) is 39.9 Å². The van der Waals surface area contributed by atoms with Crippen LogP contribution < -0.4 is 0 Å². The van der Waals surface area contributed by atoms with Crippen molar-refractivity contribution in [3.8, 4) is 0 Å². The van der Waals surface area contributed by atoms with Gasteiger partial charge in [0, 0.05) is 13.1 Å². The number of piperidine rings is 1. The molecule has 1 unspecified atom stereocenters. The molecule has 82 valence electrons. The van der Waals surface area contributed by atoms with Crippen LogP contribution in [0.25, 0.3) is 0 Å². The van der Waals surface area contributed by atoms with Crippen LogP contribution in [0, 0.1) is 0 Å². The van der Waals surface area contributed by atoms with Gasteiger partial charge in [-0.3, -0.25) is 4.79 Å². The van der Waals surface area contributed by atoms with Crippen molar-refractivity contribution in [1.82, 2.24) is 9.80 Å². The van der Waals surface area contributed by atoms with Crippen molar-refractivity contribution < 1.29 is 4.79 Å². The molecule has 1 aliphatic heterocycles. The fourth-order valence-electron chi connectivity index (χ4n) is 1.69. The number of carbonyl (C=O) groups excluding carboxylic acids is 1. The Hall–Kier alpha value is -0.0900. The zero-order valence-electron chi connectivity index (χ0n) is 9.00. The first-order chi connectivity index (χ1) is 6.61. The number of hydrogen-bond donors (Lipinski definition) is 0. The summed E-state index contributed by atoms with van der Waals surface area (Å²) >= 11 is 3.41. The van der Waals surface area contributed by atoms with Crippen LogP contribution in [0.1, 0.15) is 19.3 Å². The van der Waals surface area contributed by atoms with E-state index in [1.807, 2.05) is 4.90 Å². The van der Waals surface area contributed by atoms with Gasteiger partial charge < -0.3 is 9.80 Å². The molecule has 0 radical (unpaired) electrons. The lowest BCUT2D eigenvalue weighted by Crippen LogP contribution is -2.42. The Kier molecular flexibility index (Phi) is 4.89. The topological polar surface area (TPSA) is 23.6 Å². The second-order valence-electron chi connectivity index (χ2n) is 4.09. The lowest BCUT2D eigenvalue weighted by Gasteiger charge is -2.30. The second-order valence-corrected chi connectivity index (χ2v) is 5.20. The third-order valence-corrected chi connectivity index (χ3v) is 3.35. The number of amides is 1. The number of nitrogens with zero attached hydrogens (tertiary/aromatic N) is 2. The van der Waals surface area contributed by atoms with Crippen molar-refractivity contribution in [2.45, 2.75) is 24.1 Å². The first-order valence-electron chi connectivity index (χ1n) is 5.19. The largest absolute Gasteiger partial charge is 0.342 e. The van der Waals surface area contributed by atoms with Gasteiger partial charge >= 0.3 is 0 Å². The van der Waals surface area contributed by atoms with Crippen LogP contribution in [-0.2, 0) is 4.79 Å². The number of halogens is 1. The van der Waals surface area contributed by atoms with E-state index in [1.165, 1.54) is 0 Å².